The summed E-state index contributed by atoms with van der Waals surface area (Å²) in [6, 6.07) is 3.57. The molecule has 1 saturated carbocycles. The number of phenols is 1. The monoisotopic (exact) mass is 301 g/mol. The zero-order valence-electron chi connectivity index (χ0n) is 12.5. The number of ether oxygens (including phenoxy) is 1. The Kier molecular flexibility index (Phi) is 2.15. The van der Waals surface area contributed by atoms with Gasteiger partial charge in [-0.3, -0.25) is 4.79 Å². The molecular weight excluding hydrogens is 282 g/mol. The summed E-state index contributed by atoms with van der Waals surface area (Å²) in [4.78, 5) is 14.7. The fourth-order valence-corrected chi connectivity index (χ4v) is 5.54. The van der Waals surface area contributed by atoms with Crippen molar-refractivity contribution in [3.63, 3.8) is 0 Å². The van der Waals surface area contributed by atoms with Gasteiger partial charge in [-0.15, -0.1) is 0 Å². The summed E-state index contributed by atoms with van der Waals surface area (Å²) in [7, 11) is 2.04. The molecule has 0 aromatic heterocycles. The topological polar surface area (TPSA) is 70.0 Å². The predicted octanol–water partition coefficient (Wildman–Crippen LogP) is 0.745. The van der Waals surface area contributed by atoms with Crippen molar-refractivity contribution in [2.75, 3.05) is 13.6 Å². The number of phenolic OH excluding ortho intramolecular Hbond substituents is 1. The summed E-state index contributed by atoms with van der Waals surface area (Å²) in [6.07, 6.45) is 1.61. The number of nitrogens with zero attached hydrogens (tertiary/aromatic N) is 1. The molecule has 2 aliphatic heterocycles. The first kappa shape index (κ1) is 12.9. The third kappa shape index (κ3) is 1.13. The van der Waals surface area contributed by atoms with Crippen LogP contribution in [0.25, 0.3) is 0 Å². The van der Waals surface area contributed by atoms with Crippen LogP contribution in [0.2, 0.25) is 0 Å². The highest BCUT2D eigenvalue weighted by molar-refractivity contribution is 5.90. The number of rotatable bonds is 0. The molecular formula is C17H19NO4. The number of likely N-dealkylation sites (N-methyl/N-ethyl adjacent to an activating group) is 1. The van der Waals surface area contributed by atoms with E-state index in [1.165, 1.54) is 0 Å². The van der Waals surface area contributed by atoms with E-state index in [-0.39, 0.29) is 17.6 Å². The van der Waals surface area contributed by atoms with Crippen molar-refractivity contribution in [1.29, 1.82) is 0 Å². The summed E-state index contributed by atoms with van der Waals surface area (Å²) in [6.45, 7) is 0.828. The molecule has 1 aromatic carbocycles. The van der Waals surface area contributed by atoms with Gasteiger partial charge in [-0.25, -0.2) is 0 Å². The first-order valence-electron chi connectivity index (χ1n) is 7.96. The van der Waals surface area contributed by atoms with Gasteiger partial charge in [-0.1, -0.05) is 6.07 Å². The van der Waals surface area contributed by atoms with E-state index in [4.69, 9.17) is 4.74 Å². The molecule has 22 heavy (non-hydrogen) atoms. The van der Waals surface area contributed by atoms with E-state index in [1.54, 1.807) is 6.07 Å². The number of piperidine rings is 1. The minimum absolute atomic E-state index is 0.00319. The quantitative estimate of drug-likeness (QED) is 0.740. The molecule has 5 nitrogen and oxygen atoms in total. The Bertz CT molecular complexity index is 717. The molecule has 2 fully saturated rings. The Morgan fingerprint density at radius 2 is 2.18 bits per heavy atom. The molecule has 0 radical (unpaired) electrons. The lowest BCUT2D eigenvalue weighted by atomic mass is 9.49. The lowest BCUT2D eigenvalue weighted by Crippen LogP contribution is -2.76. The van der Waals surface area contributed by atoms with Crippen LogP contribution in [0.5, 0.6) is 11.5 Å². The molecule has 1 saturated heterocycles. The smallest absolute Gasteiger partial charge is 0.174 e. The Hall–Kier alpha value is -1.59. The number of carbonyl (C=O) groups is 1. The lowest BCUT2D eigenvalue weighted by molar-refractivity contribution is -0.185. The van der Waals surface area contributed by atoms with Gasteiger partial charge in [0.1, 0.15) is 0 Å². The van der Waals surface area contributed by atoms with Gasteiger partial charge in [0.15, 0.2) is 23.4 Å². The van der Waals surface area contributed by atoms with Crippen molar-refractivity contribution < 1.29 is 19.7 Å². The summed E-state index contributed by atoms with van der Waals surface area (Å²) in [5, 5.41) is 21.8. The van der Waals surface area contributed by atoms with E-state index in [0.717, 1.165) is 24.1 Å². The second kappa shape index (κ2) is 3.66. The third-order valence-electron chi connectivity index (χ3n) is 6.53. The first-order valence-corrected chi connectivity index (χ1v) is 7.96. The average molecular weight is 301 g/mol. The second-order valence-corrected chi connectivity index (χ2v) is 7.26. The van der Waals surface area contributed by atoms with Gasteiger partial charge in [-0.05, 0) is 44.5 Å². The van der Waals surface area contributed by atoms with Crippen LogP contribution in [0.15, 0.2) is 12.1 Å². The maximum absolute atomic E-state index is 12.5. The van der Waals surface area contributed by atoms with E-state index < -0.39 is 17.1 Å². The fourth-order valence-electron chi connectivity index (χ4n) is 5.54. The average Bonchev–Trinajstić information content (AvgIpc) is 2.85. The van der Waals surface area contributed by atoms with Crippen molar-refractivity contribution >= 4 is 5.78 Å². The number of benzene rings is 1. The van der Waals surface area contributed by atoms with Crippen molar-refractivity contribution in [2.45, 2.75) is 48.8 Å². The van der Waals surface area contributed by atoms with E-state index in [1.807, 2.05) is 13.1 Å². The van der Waals surface area contributed by atoms with E-state index >= 15 is 0 Å². The molecule has 2 bridgehead atoms. The van der Waals surface area contributed by atoms with Crippen molar-refractivity contribution in [1.82, 2.24) is 4.90 Å². The SMILES string of the molecule is CN1CC[C@]23c4c5ccc(O)c4OC2C(=O)CC[C@@]3(O)[C@H]1C5. The molecule has 4 aliphatic rings. The second-order valence-electron chi connectivity index (χ2n) is 7.26. The van der Waals surface area contributed by atoms with E-state index in [2.05, 4.69) is 4.90 Å². The maximum atomic E-state index is 12.5. The fraction of sp³-hybridized carbons (Fsp3) is 0.588. The Morgan fingerprint density at radius 1 is 1.36 bits per heavy atom. The molecule has 4 atom stereocenters. The Balaban J connectivity index is 1.88. The van der Waals surface area contributed by atoms with Crippen molar-refractivity contribution in [2.24, 2.45) is 0 Å². The van der Waals surface area contributed by atoms with Crippen LogP contribution >= 0.6 is 0 Å². The molecule has 0 amide bonds. The molecule has 5 rings (SSSR count). The van der Waals surface area contributed by atoms with Crippen LogP contribution in [0.3, 0.4) is 0 Å². The number of aromatic hydroxyl groups is 1. The number of hydrogen-bond acceptors (Lipinski definition) is 5. The van der Waals surface area contributed by atoms with Crippen molar-refractivity contribution in [3.05, 3.63) is 23.3 Å². The Morgan fingerprint density at radius 3 is 3.00 bits per heavy atom. The summed E-state index contributed by atoms with van der Waals surface area (Å²) >= 11 is 0. The highest BCUT2D eigenvalue weighted by atomic mass is 16.5. The largest absolute Gasteiger partial charge is 0.504 e. The van der Waals surface area contributed by atoms with Crippen LogP contribution in [0, 0.1) is 0 Å². The van der Waals surface area contributed by atoms with Crippen LogP contribution in [-0.2, 0) is 16.6 Å². The molecule has 1 spiro atoms. The summed E-state index contributed by atoms with van der Waals surface area (Å²) < 4.78 is 5.94. The highest BCUT2D eigenvalue weighted by Crippen LogP contribution is 2.64. The minimum atomic E-state index is -0.954. The normalized spacial score (nSPS) is 42.0. The molecule has 2 heterocycles. The molecule has 116 valence electrons. The van der Waals surface area contributed by atoms with Gasteiger partial charge in [0.25, 0.3) is 0 Å². The third-order valence-corrected chi connectivity index (χ3v) is 6.53. The van der Waals surface area contributed by atoms with Crippen molar-refractivity contribution in [3.8, 4) is 11.5 Å². The van der Waals surface area contributed by atoms with Gasteiger partial charge in [0.05, 0.1) is 11.0 Å². The van der Waals surface area contributed by atoms with Crippen LogP contribution < -0.4 is 4.74 Å². The molecule has 1 aromatic rings. The maximum Gasteiger partial charge on any atom is 0.174 e. The number of likely N-dealkylation sites (tertiary alicyclic amines) is 1. The van der Waals surface area contributed by atoms with Crippen LogP contribution in [0.1, 0.15) is 30.4 Å². The Labute approximate surface area is 128 Å². The van der Waals surface area contributed by atoms with Crippen LogP contribution in [0.4, 0.5) is 0 Å². The molecule has 2 N–H and O–H groups in total. The highest BCUT2D eigenvalue weighted by Gasteiger charge is 2.72. The minimum Gasteiger partial charge on any atom is -0.504 e. The standard InChI is InChI=1S/C17H19NO4/c1-18-7-6-16-13-9-2-3-10(19)14(13)22-15(16)11(20)4-5-17(16,21)12(18)8-9/h2-3,12,15,19,21H,4-8H2,1H3/t12-,15?,16+,17-/m1/s1. The number of ketones is 1. The number of carbonyl (C=O) groups excluding carboxylic acids is 1. The zero-order valence-corrected chi connectivity index (χ0v) is 12.5. The number of hydrogen-bond donors (Lipinski definition) is 2. The number of aliphatic hydroxyl groups is 1. The van der Waals surface area contributed by atoms with E-state index in [0.29, 0.717) is 25.0 Å². The van der Waals surface area contributed by atoms with Gasteiger partial charge >= 0.3 is 0 Å². The van der Waals surface area contributed by atoms with Gasteiger partial charge in [-0.2, -0.15) is 0 Å². The van der Waals surface area contributed by atoms with Crippen LogP contribution in [-0.4, -0.2) is 52.2 Å². The first-order chi connectivity index (χ1) is 10.5. The number of Topliss-reactive ketones (excluding diaryl/α,β-unsaturated/α-hetero) is 1. The lowest BCUT2D eigenvalue weighted by Gasteiger charge is -2.61. The van der Waals surface area contributed by atoms with Gasteiger partial charge < -0.3 is 19.8 Å². The summed E-state index contributed by atoms with van der Waals surface area (Å²) in [5.74, 6) is 0.561. The molecule has 1 unspecified atom stereocenters. The summed E-state index contributed by atoms with van der Waals surface area (Å²) in [5.41, 5.74) is 0.370. The van der Waals surface area contributed by atoms with Gasteiger partial charge in [0, 0.05) is 18.0 Å². The predicted molar refractivity (Wildman–Crippen MR) is 78.1 cm³/mol. The zero-order chi connectivity index (χ0) is 15.3. The van der Waals surface area contributed by atoms with E-state index in [9.17, 15) is 15.0 Å². The molecule has 5 heteroatoms. The molecule has 2 aliphatic carbocycles. The van der Waals surface area contributed by atoms with Gasteiger partial charge in [0.2, 0.25) is 0 Å².